The molecule has 0 spiro atoms. The van der Waals surface area contributed by atoms with Gasteiger partial charge in [0, 0.05) is 0 Å². The van der Waals surface area contributed by atoms with Gasteiger partial charge in [-0.2, -0.15) is 0 Å². The summed E-state index contributed by atoms with van der Waals surface area (Å²) >= 11 is 0. The summed E-state index contributed by atoms with van der Waals surface area (Å²) in [5, 5.41) is 3.08. The number of esters is 1. The fourth-order valence-corrected chi connectivity index (χ4v) is 1.64. The number of hydrogen-bond acceptors (Lipinski definition) is 5. The topological polar surface area (TPSA) is 77.5 Å². The van der Waals surface area contributed by atoms with Crippen LogP contribution in [-0.4, -0.2) is 13.1 Å². The van der Waals surface area contributed by atoms with Crippen molar-refractivity contribution >= 4 is 17.3 Å². The zero-order valence-corrected chi connectivity index (χ0v) is 9.97. The van der Waals surface area contributed by atoms with E-state index in [4.69, 9.17) is 14.9 Å². The molecular formula is C13H14N2O3. The maximum atomic E-state index is 11.6. The van der Waals surface area contributed by atoms with Gasteiger partial charge in [-0.3, -0.25) is 0 Å². The second kappa shape index (κ2) is 5.27. The van der Waals surface area contributed by atoms with Crippen molar-refractivity contribution in [3.05, 3.63) is 47.9 Å². The molecule has 0 amide bonds. The maximum Gasteiger partial charge on any atom is 0.340 e. The highest BCUT2D eigenvalue weighted by molar-refractivity contribution is 5.98. The molecular weight excluding hydrogens is 232 g/mol. The standard InChI is InChI=1S/C13H14N2O3/c1-17-13(16)10-5-2-6-11(14)12(10)15-8-9-4-3-7-18-9/h2-7,15H,8,14H2,1H3. The van der Waals surface area contributed by atoms with Gasteiger partial charge in [-0.05, 0) is 24.3 Å². The van der Waals surface area contributed by atoms with E-state index in [9.17, 15) is 4.79 Å². The van der Waals surface area contributed by atoms with Crippen LogP contribution in [0.3, 0.4) is 0 Å². The molecule has 0 fully saturated rings. The highest BCUT2D eigenvalue weighted by Crippen LogP contribution is 2.24. The van der Waals surface area contributed by atoms with E-state index in [2.05, 4.69) is 5.32 Å². The molecule has 0 atom stereocenters. The lowest BCUT2D eigenvalue weighted by molar-refractivity contribution is 0.0602. The normalized spacial score (nSPS) is 10.1. The van der Waals surface area contributed by atoms with Gasteiger partial charge in [0.15, 0.2) is 0 Å². The number of nitrogen functional groups attached to an aromatic ring is 1. The minimum atomic E-state index is -0.427. The Morgan fingerprint density at radius 1 is 1.39 bits per heavy atom. The average molecular weight is 246 g/mol. The molecule has 1 aromatic heterocycles. The molecule has 1 heterocycles. The number of anilines is 2. The number of methoxy groups -OCH3 is 1. The molecule has 5 nitrogen and oxygen atoms in total. The van der Waals surface area contributed by atoms with Gasteiger partial charge in [0.1, 0.15) is 5.76 Å². The first-order chi connectivity index (χ1) is 8.72. The molecule has 18 heavy (non-hydrogen) atoms. The first-order valence-electron chi connectivity index (χ1n) is 5.45. The van der Waals surface area contributed by atoms with Gasteiger partial charge in [-0.25, -0.2) is 4.79 Å². The predicted octanol–water partition coefficient (Wildman–Crippen LogP) is 2.26. The molecule has 0 saturated carbocycles. The summed E-state index contributed by atoms with van der Waals surface area (Å²) in [5.74, 6) is 0.332. The average Bonchev–Trinajstić information content (AvgIpc) is 2.89. The van der Waals surface area contributed by atoms with Crippen molar-refractivity contribution < 1.29 is 13.9 Å². The number of rotatable bonds is 4. The van der Waals surface area contributed by atoms with Crippen LogP contribution in [0.5, 0.6) is 0 Å². The fourth-order valence-electron chi connectivity index (χ4n) is 1.64. The second-order valence-electron chi connectivity index (χ2n) is 3.69. The summed E-state index contributed by atoms with van der Waals surface area (Å²) in [4.78, 5) is 11.6. The molecule has 0 aliphatic carbocycles. The Labute approximate surface area is 105 Å². The van der Waals surface area contributed by atoms with Gasteiger partial charge in [-0.15, -0.1) is 0 Å². The van der Waals surface area contributed by atoms with Gasteiger partial charge < -0.3 is 20.2 Å². The molecule has 1 aromatic carbocycles. The van der Waals surface area contributed by atoms with Crippen molar-refractivity contribution in [1.29, 1.82) is 0 Å². The number of hydrogen-bond donors (Lipinski definition) is 2. The summed E-state index contributed by atoms with van der Waals surface area (Å²) in [6.45, 7) is 0.450. The number of para-hydroxylation sites is 1. The SMILES string of the molecule is COC(=O)c1cccc(N)c1NCc1ccco1. The van der Waals surface area contributed by atoms with E-state index in [1.807, 2.05) is 6.07 Å². The van der Waals surface area contributed by atoms with Gasteiger partial charge in [0.25, 0.3) is 0 Å². The summed E-state index contributed by atoms with van der Waals surface area (Å²) in [7, 11) is 1.34. The lowest BCUT2D eigenvalue weighted by Gasteiger charge is -2.12. The van der Waals surface area contributed by atoms with Crippen LogP contribution in [0.4, 0.5) is 11.4 Å². The Balaban J connectivity index is 2.22. The number of nitrogens with two attached hydrogens (primary N) is 1. The first kappa shape index (κ1) is 12.0. The molecule has 2 rings (SSSR count). The minimum Gasteiger partial charge on any atom is -0.467 e. The van der Waals surface area contributed by atoms with Gasteiger partial charge >= 0.3 is 5.97 Å². The zero-order chi connectivity index (χ0) is 13.0. The second-order valence-corrected chi connectivity index (χ2v) is 3.69. The summed E-state index contributed by atoms with van der Waals surface area (Å²) in [5.41, 5.74) is 7.31. The third kappa shape index (κ3) is 2.45. The van der Waals surface area contributed by atoms with E-state index in [1.54, 1.807) is 30.5 Å². The Bertz CT molecular complexity index is 535. The third-order valence-corrected chi connectivity index (χ3v) is 2.52. The lowest BCUT2D eigenvalue weighted by Crippen LogP contribution is -2.10. The zero-order valence-electron chi connectivity index (χ0n) is 9.97. The van der Waals surface area contributed by atoms with E-state index in [0.29, 0.717) is 23.5 Å². The molecule has 94 valence electrons. The van der Waals surface area contributed by atoms with E-state index in [0.717, 1.165) is 5.76 Å². The van der Waals surface area contributed by atoms with Crippen LogP contribution in [0.25, 0.3) is 0 Å². The van der Waals surface area contributed by atoms with Crippen molar-refractivity contribution in [1.82, 2.24) is 0 Å². The monoisotopic (exact) mass is 246 g/mol. The van der Waals surface area contributed by atoms with Crippen molar-refractivity contribution in [2.24, 2.45) is 0 Å². The quantitative estimate of drug-likeness (QED) is 0.639. The largest absolute Gasteiger partial charge is 0.467 e. The molecule has 2 aromatic rings. The Hall–Kier alpha value is -2.43. The maximum absolute atomic E-state index is 11.6. The number of furan rings is 1. The number of nitrogens with one attached hydrogen (secondary N) is 1. The van der Waals surface area contributed by atoms with E-state index in [1.165, 1.54) is 7.11 Å². The van der Waals surface area contributed by atoms with Crippen LogP contribution in [-0.2, 0) is 11.3 Å². The highest BCUT2D eigenvalue weighted by atomic mass is 16.5. The molecule has 5 heteroatoms. The lowest BCUT2D eigenvalue weighted by atomic mass is 10.1. The summed E-state index contributed by atoms with van der Waals surface area (Å²) < 4.78 is 9.91. The van der Waals surface area contributed by atoms with Crippen molar-refractivity contribution in [3.8, 4) is 0 Å². The number of carbonyl (C=O) groups is 1. The predicted molar refractivity (Wildman–Crippen MR) is 68.2 cm³/mol. The Morgan fingerprint density at radius 2 is 2.22 bits per heavy atom. The van der Waals surface area contributed by atoms with Crippen LogP contribution in [0.1, 0.15) is 16.1 Å². The molecule has 0 bridgehead atoms. The number of ether oxygens (including phenoxy) is 1. The van der Waals surface area contributed by atoms with Gasteiger partial charge in [0.2, 0.25) is 0 Å². The summed E-state index contributed by atoms with van der Waals surface area (Å²) in [6, 6.07) is 8.72. The first-order valence-corrected chi connectivity index (χ1v) is 5.45. The summed E-state index contributed by atoms with van der Waals surface area (Å²) in [6.07, 6.45) is 1.59. The van der Waals surface area contributed by atoms with Crippen LogP contribution in [0.2, 0.25) is 0 Å². The highest BCUT2D eigenvalue weighted by Gasteiger charge is 2.14. The molecule has 0 aliphatic heterocycles. The molecule has 0 saturated heterocycles. The number of carbonyl (C=O) groups excluding carboxylic acids is 1. The van der Waals surface area contributed by atoms with E-state index < -0.39 is 5.97 Å². The minimum absolute atomic E-state index is 0.407. The smallest absolute Gasteiger partial charge is 0.340 e. The molecule has 3 N–H and O–H groups in total. The molecule has 0 unspecified atom stereocenters. The fraction of sp³-hybridized carbons (Fsp3) is 0.154. The van der Waals surface area contributed by atoms with Crippen molar-refractivity contribution in [3.63, 3.8) is 0 Å². The van der Waals surface area contributed by atoms with Crippen molar-refractivity contribution in [2.75, 3.05) is 18.2 Å². The van der Waals surface area contributed by atoms with Crippen molar-refractivity contribution in [2.45, 2.75) is 6.54 Å². The van der Waals surface area contributed by atoms with Crippen LogP contribution in [0.15, 0.2) is 41.0 Å². The Morgan fingerprint density at radius 3 is 2.89 bits per heavy atom. The Kier molecular flexibility index (Phi) is 3.52. The van der Waals surface area contributed by atoms with Crippen LogP contribution in [0, 0.1) is 0 Å². The third-order valence-electron chi connectivity index (χ3n) is 2.52. The van der Waals surface area contributed by atoms with Gasteiger partial charge in [-0.1, -0.05) is 6.07 Å². The van der Waals surface area contributed by atoms with Gasteiger partial charge in [0.05, 0.1) is 36.9 Å². The van der Waals surface area contributed by atoms with E-state index >= 15 is 0 Å². The van der Waals surface area contributed by atoms with Crippen LogP contribution >= 0.6 is 0 Å². The molecule has 0 radical (unpaired) electrons. The number of benzene rings is 1. The molecule has 0 aliphatic rings. The van der Waals surface area contributed by atoms with E-state index in [-0.39, 0.29) is 0 Å². The van der Waals surface area contributed by atoms with Crippen LogP contribution < -0.4 is 11.1 Å².